The van der Waals surface area contributed by atoms with Gasteiger partial charge in [-0.05, 0) is 69.2 Å². The third-order valence-corrected chi connectivity index (χ3v) is 5.60. The Morgan fingerprint density at radius 2 is 1.95 bits per heavy atom. The van der Waals surface area contributed by atoms with Crippen molar-refractivity contribution in [2.45, 2.75) is 52.7 Å². The van der Waals surface area contributed by atoms with E-state index in [1.54, 1.807) is 13.0 Å². The van der Waals surface area contributed by atoms with Crippen LogP contribution in [0.25, 0.3) is 17.0 Å². The smallest absolute Gasteiger partial charge is 0.266 e. The maximum Gasteiger partial charge on any atom is 0.266 e. The molecular weight excluding hydrogens is 504 g/mol. The molecule has 2 aromatic rings. The van der Waals surface area contributed by atoms with E-state index in [0.29, 0.717) is 35.3 Å². The van der Waals surface area contributed by atoms with Crippen molar-refractivity contribution in [3.8, 4) is 11.3 Å². The minimum Gasteiger partial charge on any atom is -0.365 e. The van der Waals surface area contributed by atoms with E-state index in [-0.39, 0.29) is 19.0 Å². The van der Waals surface area contributed by atoms with Gasteiger partial charge in [0.25, 0.3) is 6.43 Å². The van der Waals surface area contributed by atoms with Gasteiger partial charge in [-0.3, -0.25) is 9.59 Å². The number of amides is 2. The highest BCUT2D eigenvalue weighted by atomic mass is 19.3. The first kappa shape index (κ1) is 30.5. The molecule has 2 amide bonds. The van der Waals surface area contributed by atoms with Gasteiger partial charge in [0.15, 0.2) is 5.82 Å². The van der Waals surface area contributed by atoms with Gasteiger partial charge < -0.3 is 15.4 Å². The zero-order valence-corrected chi connectivity index (χ0v) is 21.7. The van der Waals surface area contributed by atoms with Crippen molar-refractivity contribution >= 4 is 23.8 Å². The first-order valence-corrected chi connectivity index (χ1v) is 11.9. The van der Waals surface area contributed by atoms with Gasteiger partial charge in [-0.25, -0.2) is 22.2 Å². The Bertz CT molecular complexity index is 1200. The van der Waals surface area contributed by atoms with E-state index in [1.165, 1.54) is 61.9 Å². The Hall–Kier alpha value is -3.73. The van der Waals surface area contributed by atoms with Crippen molar-refractivity contribution in [2.75, 3.05) is 11.9 Å². The average molecular weight is 537 g/mol. The highest BCUT2D eigenvalue weighted by molar-refractivity contribution is 5.92. The van der Waals surface area contributed by atoms with Gasteiger partial charge in [0.2, 0.25) is 12.3 Å². The van der Waals surface area contributed by atoms with Crippen LogP contribution in [0, 0.1) is 11.7 Å². The molecule has 38 heavy (non-hydrogen) atoms. The van der Waals surface area contributed by atoms with Crippen molar-refractivity contribution in [2.24, 2.45) is 5.92 Å². The minimum atomic E-state index is -2.75. The second-order valence-corrected chi connectivity index (χ2v) is 9.04. The van der Waals surface area contributed by atoms with E-state index in [2.05, 4.69) is 22.3 Å². The van der Waals surface area contributed by atoms with E-state index in [0.717, 1.165) is 0 Å². The van der Waals surface area contributed by atoms with Crippen LogP contribution in [-0.4, -0.2) is 40.7 Å². The quantitative estimate of drug-likeness (QED) is 0.180. The number of nitrogens with zero attached hydrogens (tertiary/aromatic N) is 2. The molecule has 7 nitrogen and oxygen atoms in total. The van der Waals surface area contributed by atoms with Crippen molar-refractivity contribution in [1.82, 2.24) is 15.1 Å². The molecule has 1 atom stereocenters. The SMILES string of the molecule is C=C/C(=C\C=C(/C)F)n1nc(NC(=O)[C@@H](CC)CNC=O)cc1-c1cc(F)cc(COC(C)(C)C(F)F)c1. The van der Waals surface area contributed by atoms with E-state index in [9.17, 15) is 27.2 Å². The van der Waals surface area contributed by atoms with Gasteiger partial charge in [-0.2, -0.15) is 0 Å². The second kappa shape index (κ2) is 13.7. The lowest BCUT2D eigenvalue weighted by molar-refractivity contribution is -0.125. The molecule has 11 heteroatoms. The molecule has 2 N–H and O–H groups in total. The summed E-state index contributed by atoms with van der Waals surface area (Å²) >= 11 is 0. The predicted octanol–water partition coefficient (Wildman–Crippen LogP) is 5.86. The topological polar surface area (TPSA) is 85.3 Å². The molecule has 0 radical (unpaired) electrons. The molecule has 0 fully saturated rings. The predicted molar refractivity (Wildman–Crippen MR) is 138 cm³/mol. The number of benzene rings is 1. The fourth-order valence-corrected chi connectivity index (χ4v) is 3.32. The summed E-state index contributed by atoms with van der Waals surface area (Å²) < 4.78 is 61.1. The Labute approximate surface area is 219 Å². The number of allylic oxidation sites excluding steroid dienone is 5. The normalized spacial score (nSPS) is 13.4. The van der Waals surface area contributed by atoms with E-state index in [4.69, 9.17) is 4.74 Å². The number of alkyl halides is 2. The molecule has 0 aliphatic carbocycles. The van der Waals surface area contributed by atoms with Gasteiger partial charge in [0.1, 0.15) is 11.4 Å². The molecule has 0 aliphatic heterocycles. The van der Waals surface area contributed by atoms with Crippen molar-refractivity contribution < 1.29 is 31.9 Å². The highest BCUT2D eigenvalue weighted by Gasteiger charge is 2.30. The van der Waals surface area contributed by atoms with E-state index < -0.39 is 35.5 Å². The average Bonchev–Trinajstić information content (AvgIpc) is 3.26. The van der Waals surface area contributed by atoms with Crippen molar-refractivity contribution in [3.05, 3.63) is 66.3 Å². The van der Waals surface area contributed by atoms with Crippen molar-refractivity contribution in [3.63, 3.8) is 0 Å². The molecule has 0 saturated heterocycles. The van der Waals surface area contributed by atoms with Crippen molar-refractivity contribution in [1.29, 1.82) is 0 Å². The number of rotatable bonds is 14. The molecule has 206 valence electrons. The van der Waals surface area contributed by atoms with Crippen LogP contribution < -0.4 is 10.6 Å². The number of hydrogen-bond acceptors (Lipinski definition) is 4. The van der Waals surface area contributed by atoms with Crippen LogP contribution in [0.15, 0.2) is 54.9 Å². The lowest BCUT2D eigenvalue weighted by atomic mass is 10.1. The molecular formula is C27H32F4N4O3. The van der Waals surface area contributed by atoms with Crippen LogP contribution in [0.5, 0.6) is 0 Å². The Morgan fingerprint density at radius 1 is 1.24 bits per heavy atom. The molecule has 0 unspecified atom stereocenters. The number of aromatic nitrogens is 2. The number of nitrogens with one attached hydrogen (secondary N) is 2. The summed E-state index contributed by atoms with van der Waals surface area (Å²) in [6, 6.07) is 5.41. The summed E-state index contributed by atoms with van der Waals surface area (Å²) in [4.78, 5) is 23.4. The first-order valence-electron chi connectivity index (χ1n) is 11.9. The summed E-state index contributed by atoms with van der Waals surface area (Å²) in [5.41, 5.74) is -0.524. The van der Waals surface area contributed by atoms with E-state index >= 15 is 0 Å². The fourth-order valence-electron chi connectivity index (χ4n) is 3.32. The standard InChI is InChI=1S/C27H32F4N4O3/c1-6-19(14-32-16-36)25(37)33-24-13-23(35(34-24)22(7-2)9-8-17(3)28)20-10-18(11-21(29)12-20)15-38-27(4,5)26(30)31/h7-13,16,19,26H,2,6,14-15H2,1,3-5H3,(H,32,36)(H,33,34,37)/b17-8+,22-9+/t19-/m0/s1. The summed E-state index contributed by atoms with van der Waals surface area (Å²) in [7, 11) is 0. The summed E-state index contributed by atoms with van der Waals surface area (Å²) in [6.07, 6.45) is 2.19. The number of anilines is 1. The first-order chi connectivity index (χ1) is 17.9. The molecule has 0 aliphatic rings. The summed E-state index contributed by atoms with van der Waals surface area (Å²) in [5.74, 6) is -1.94. The van der Waals surface area contributed by atoms with Gasteiger partial charge in [-0.1, -0.05) is 13.5 Å². The van der Waals surface area contributed by atoms with Crippen LogP contribution in [0.2, 0.25) is 0 Å². The highest BCUT2D eigenvalue weighted by Crippen LogP contribution is 2.29. The molecule has 0 spiro atoms. The molecule has 1 aromatic heterocycles. The van der Waals surface area contributed by atoms with Crippen LogP contribution in [0.4, 0.5) is 23.4 Å². The Kier molecular flexibility index (Phi) is 11.0. The molecule has 1 aromatic carbocycles. The zero-order chi connectivity index (χ0) is 28.5. The lowest BCUT2D eigenvalue weighted by Gasteiger charge is -2.24. The number of carbonyl (C=O) groups excluding carboxylic acids is 2. The number of halogens is 4. The van der Waals surface area contributed by atoms with Gasteiger partial charge >= 0.3 is 0 Å². The maximum atomic E-state index is 14.6. The fraction of sp³-hybridized carbons (Fsp3) is 0.370. The summed E-state index contributed by atoms with van der Waals surface area (Å²) in [5, 5.41) is 9.55. The van der Waals surface area contributed by atoms with Gasteiger partial charge in [-0.15, -0.1) is 5.10 Å². The third-order valence-electron chi connectivity index (χ3n) is 5.60. The molecule has 0 saturated carbocycles. The molecule has 2 rings (SSSR count). The van der Waals surface area contributed by atoms with Crippen LogP contribution in [0.1, 0.15) is 39.7 Å². The van der Waals surface area contributed by atoms with Crippen LogP contribution in [-0.2, 0) is 20.9 Å². The van der Waals surface area contributed by atoms with Crippen LogP contribution in [0.3, 0.4) is 0 Å². The summed E-state index contributed by atoms with van der Waals surface area (Å²) in [6.45, 7) is 9.08. The van der Waals surface area contributed by atoms with Crippen LogP contribution >= 0.6 is 0 Å². The zero-order valence-electron chi connectivity index (χ0n) is 21.7. The second-order valence-electron chi connectivity index (χ2n) is 9.04. The Morgan fingerprint density at radius 3 is 2.53 bits per heavy atom. The number of ether oxygens (including phenoxy) is 1. The number of hydrogen-bond donors (Lipinski definition) is 2. The van der Waals surface area contributed by atoms with E-state index in [1.807, 2.05) is 0 Å². The minimum absolute atomic E-state index is 0.115. The third kappa shape index (κ3) is 8.41. The number of carbonyl (C=O) groups is 2. The van der Waals surface area contributed by atoms with Gasteiger partial charge in [0, 0.05) is 18.2 Å². The Balaban J connectivity index is 2.55. The largest absolute Gasteiger partial charge is 0.365 e. The lowest BCUT2D eigenvalue weighted by Crippen LogP contribution is -2.33. The maximum absolute atomic E-state index is 14.6. The van der Waals surface area contributed by atoms with Gasteiger partial charge in [0.05, 0.1) is 29.7 Å². The molecule has 1 heterocycles. The molecule has 0 bridgehead atoms. The monoisotopic (exact) mass is 536 g/mol.